The van der Waals surface area contributed by atoms with Crippen molar-refractivity contribution < 1.29 is 9.18 Å². The molecule has 2 atom stereocenters. The fourth-order valence-corrected chi connectivity index (χ4v) is 5.37. The first-order valence-corrected chi connectivity index (χ1v) is 12.6. The van der Waals surface area contributed by atoms with Crippen molar-refractivity contribution in [2.75, 3.05) is 11.9 Å². The van der Waals surface area contributed by atoms with E-state index in [1.54, 1.807) is 18.3 Å². The highest BCUT2D eigenvalue weighted by atomic mass is 32.1. The molecule has 0 unspecified atom stereocenters. The number of thiocarbonyl (C=S) groups is 1. The Hall–Kier alpha value is -4.04. The van der Waals surface area contributed by atoms with E-state index in [9.17, 15) is 9.18 Å². The highest BCUT2D eigenvalue weighted by molar-refractivity contribution is 7.80. The number of benzene rings is 2. The van der Waals surface area contributed by atoms with Gasteiger partial charge < -0.3 is 20.1 Å². The van der Waals surface area contributed by atoms with Crippen molar-refractivity contribution in [1.82, 2.24) is 19.8 Å². The minimum atomic E-state index is -0.286. The molecule has 37 heavy (non-hydrogen) atoms. The molecule has 0 saturated carbocycles. The summed E-state index contributed by atoms with van der Waals surface area (Å²) in [6.45, 7) is 4.38. The lowest BCUT2D eigenvalue weighted by atomic mass is 9.96. The molecule has 0 radical (unpaired) electrons. The van der Waals surface area contributed by atoms with Crippen molar-refractivity contribution in [2.24, 2.45) is 0 Å². The zero-order valence-corrected chi connectivity index (χ0v) is 21.5. The minimum Gasteiger partial charge on any atom is -0.352 e. The van der Waals surface area contributed by atoms with E-state index in [1.807, 2.05) is 77.9 Å². The second-order valence-corrected chi connectivity index (χ2v) is 9.48. The number of rotatable bonds is 7. The minimum absolute atomic E-state index is 0.0918. The molecule has 0 spiro atoms. The van der Waals surface area contributed by atoms with Crippen LogP contribution in [-0.2, 0) is 4.79 Å². The van der Waals surface area contributed by atoms with Crippen LogP contribution in [0.3, 0.4) is 0 Å². The third-order valence-electron chi connectivity index (χ3n) is 6.72. The molecule has 8 heteroatoms. The van der Waals surface area contributed by atoms with Gasteiger partial charge in [-0.05, 0) is 74.1 Å². The molecule has 2 aromatic heterocycles. The Morgan fingerprint density at radius 3 is 2.51 bits per heavy atom. The van der Waals surface area contributed by atoms with E-state index in [-0.39, 0.29) is 30.2 Å². The largest absolute Gasteiger partial charge is 0.352 e. The summed E-state index contributed by atoms with van der Waals surface area (Å²) in [7, 11) is 0. The number of carbonyl (C=O) groups is 1. The van der Waals surface area contributed by atoms with Gasteiger partial charge in [0.15, 0.2) is 5.11 Å². The summed E-state index contributed by atoms with van der Waals surface area (Å²) in [6, 6.07) is 23.6. The molecule has 2 N–H and O–H groups in total. The summed E-state index contributed by atoms with van der Waals surface area (Å²) >= 11 is 5.76. The Morgan fingerprint density at radius 1 is 1.05 bits per heavy atom. The van der Waals surface area contributed by atoms with Crippen LogP contribution in [0.1, 0.15) is 41.1 Å². The standard InChI is InChI=1S/C29H28FN5OS/c1-19-18-22(20(2)35(19)25-14-7-6-12-23(25)30)28-27(24-13-8-9-16-31-24)33-29(37)34(28)17-15-26(36)32-21-10-4-3-5-11-21/h3-14,16,18,27-28H,15,17H2,1-2H3,(H,32,36)(H,33,37)/t27-,28+/m1/s1. The summed E-state index contributed by atoms with van der Waals surface area (Å²) in [5.74, 6) is -0.377. The van der Waals surface area contributed by atoms with Crippen LogP contribution in [0.4, 0.5) is 10.1 Å². The summed E-state index contributed by atoms with van der Waals surface area (Å²) < 4.78 is 16.7. The lowest BCUT2D eigenvalue weighted by Gasteiger charge is -2.28. The van der Waals surface area contributed by atoms with Crippen LogP contribution >= 0.6 is 12.2 Å². The van der Waals surface area contributed by atoms with Crippen LogP contribution in [-0.4, -0.2) is 32.0 Å². The molecule has 0 aliphatic carbocycles. The summed E-state index contributed by atoms with van der Waals surface area (Å²) in [6.07, 6.45) is 2.02. The number of anilines is 1. The molecule has 6 nitrogen and oxygen atoms in total. The predicted octanol–water partition coefficient (Wildman–Crippen LogP) is 5.63. The highest BCUT2D eigenvalue weighted by Gasteiger charge is 2.41. The Bertz CT molecular complexity index is 1420. The van der Waals surface area contributed by atoms with Crippen LogP contribution in [0.15, 0.2) is 85.1 Å². The third kappa shape index (κ3) is 4.97. The van der Waals surface area contributed by atoms with Gasteiger partial charge in [0.2, 0.25) is 5.91 Å². The van der Waals surface area contributed by atoms with Crippen LogP contribution < -0.4 is 10.6 Å². The van der Waals surface area contributed by atoms with Gasteiger partial charge in [-0.25, -0.2) is 4.39 Å². The first-order chi connectivity index (χ1) is 17.9. The molecule has 5 rings (SSSR count). The number of aromatic nitrogens is 2. The van der Waals surface area contributed by atoms with Crippen molar-refractivity contribution in [3.63, 3.8) is 0 Å². The number of para-hydroxylation sites is 2. The molecular formula is C29H28FN5OS. The number of nitrogens with one attached hydrogen (secondary N) is 2. The molecule has 2 aromatic carbocycles. The van der Waals surface area contributed by atoms with Crippen LogP contribution in [0.25, 0.3) is 5.69 Å². The molecular weight excluding hydrogens is 485 g/mol. The lowest BCUT2D eigenvalue weighted by molar-refractivity contribution is -0.116. The first-order valence-electron chi connectivity index (χ1n) is 12.2. The molecule has 1 aliphatic heterocycles. The smallest absolute Gasteiger partial charge is 0.226 e. The monoisotopic (exact) mass is 513 g/mol. The first kappa shape index (κ1) is 24.6. The lowest BCUT2D eigenvalue weighted by Crippen LogP contribution is -2.32. The second kappa shape index (κ2) is 10.5. The van der Waals surface area contributed by atoms with E-state index < -0.39 is 0 Å². The zero-order valence-electron chi connectivity index (χ0n) is 20.7. The molecule has 4 aromatic rings. The average molecular weight is 514 g/mol. The Morgan fingerprint density at radius 2 is 1.78 bits per heavy atom. The summed E-state index contributed by atoms with van der Waals surface area (Å²) in [4.78, 5) is 19.4. The van der Waals surface area contributed by atoms with E-state index in [2.05, 4.69) is 21.7 Å². The van der Waals surface area contributed by atoms with Gasteiger partial charge in [-0.15, -0.1) is 0 Å². The number of nitrogens with zero attached hydrogens (tertiary/aromatic N) is 3. The Labute approximate surface area is 221 Å². The number of hydrogen-bond donors (Lipinski definition) is 2. The number of halogens is 1. The second-order valence-electron chi connectivity index (χ2n) is 9.10. The van der Waals surface area contributed by atoms with Crippen molar-refractivity contribution >= 4 is 28.9 Å². The van der Waals surface area contributed by atoms with Crippen LogP contribution in [0, 0.1) is 19.7 Å². The maximum absolute atomic E-state index is 14.8. The number of hydrogen-bond acceptors (Lipinski definition) is 3. The van der Waals surface area contributed by atoms with Crippen molar-refractivity contribution in [2.45, 2.75) is 32.4 Å². The Kier molecular flexibility index (Phi) is 7.01. The number of carbonyl (C=O) groups excluding carboxylic acids is 1. The third-order valence-corrected chi connectivity index (χ3v) is 7.07. The Balaban J connectivity index is 1.49. The highest BCUT2D eigenvalue weighted by Crippen LogP contribution is 2.41. The predicted molar refractivity (Wildman–Crippen MR) is 147 cm³/mol. The summed E-state index contributed by atoms with van der Waals surface area (Å²) in [5.41, 5.74) is 4.94. The van der Waals surface area contributed by atoms with Gasteiger partial charge in [0.1, 0.15) is 5.82 Å². The molecule has 1 saturated heterocycles. The topological polar surface area (TPSA) is 62.2 Å². The van der Waals surface area contributed by atoms with E-state index in [1.165, 1.54) is 6.07 Å². The van der Waals surface area contributed by atoms with Crippen molar-refractivity contribution in [3.05, 3.63) is 114 Å². The van der Waals surface area contributed by atoms with Gasteiger partial charge in [0, 0.05) is 36.2 Å². The van der Waals surface area contributed by atoms with E-state index >= 15 is 0 Å². The average Bonchev–Trinajstić information content (AvgIpc) is 3.38. The molecule has 1 fully saturated rings. The summed E-state index contributed by atoms with van der Waals surface area (Å²) in [5, 5.41) is 6.93. The van der Waals surface area contributed by atoms with Gasteiger partial charge in [0.05, 0.1) is 23.5 Å². The SMILES string of the molecule is Cc1cc([C@H]2[C@@H](c3ccccn3)NC(=S)N2CCC(=O)Nc2ccccc2)c(C)n1-c1ccccc1F. The van der Waals surface area contributed by atoms with Gasteiger partial charge in [0.25, 0.3) is 0 Å². The fraction of sp³-hybridized carbons (Fsp3) is 0.207. The molecule has 3 heterocycles. The zero-order chi connectivity index (χ0) is 25.9. The van der Waals surface area contributed by atoms with Crippen LogP contribution in [0.2, 0.25) is 0 Å². The molecule has 1 aliphatic rings. The van der Waals surface area contributed by atoms with E-state index in [0.717, 1.165) is 28.3 Å². The maximum Gasteiger partial charge on any atom is 0.226 e. The molecule has 0 bridgehead atoms. The van der Waals surface area contributed by atoms with Gasteiger partial charge in [-0.3, -0.25) is 9.78 Å². The quantitative estimate of drug-likeness (QED) is 0.314. The molecule has 188 valence electrons. The van der Waals surface area contributed by atoms with E-state index in [4.69, 9.17) is 12.2 Å². The normalized spacial score (nSPS) is 17.1. The molecule has 1 amide bonds. The number of amides is 1. The van der Waals surface area contributed by atoms with Gasteiger partial charge in [-0.1, -0.05) is 36.4 Å². The number of aryl methyl sites for hydroxylation is 1. The van der Waals surface area contributed by atoms with Crippen LogP contribution in [0.5, 0.6) is 0 Å². The fourth-order valence-electron chi connectivity index (χ4n) is 5.04. The maximum atomic E-state index is 14.8. The van der Waals surface area contributed by atoms with E-state index in [0.29, 0.717) is 17.3 Å². The van der Waals surface area contributed by atoms with Gasteiger partial charge in [-0.2, -0.15) is 0 Å². The van der Waals surface area contributed by atoms with Crippen molar-refractivity contribution in [1.29, 1.82) is 0 Å². The van der Waals surface area contributed by atoms with Gasteiger partial charge >= 0.3 is 0 Å². The van der Waals surface area contributed by atoms with Crippen molar-refractivity contribution in [3.8, 4) is 5.69 Å². The number of pyridine rings is 1.